The molecule has 0 unspecified atom stereocenters. The summed E-state index contributed by atoms with van der Waals surface area (Å²) in [5.41, 5.74) is 3.48. The van der Waals surface area contributed by atoms with Gasteiger partial charge in [0.1, 0.15) is 5.75 Å². The molecule has 0 fully saturated rings. The third kappa shape index (κ3) is 4.18. The number of para-hydroxylation sites is 1. The molecule has 0 spiro atoms. The number of benzene rings is 2. The molecule has 1 N–H and O–H groups in total. The highest BCUT2D eigenvalue weighted by Gasteiger charge is 2.10. The van der Waals surface area contributed by atoms with E-state index >= 15 is 0 Å². The second kappa shape index (κ2) is 8.04. The molecule has 2 heterocycles. The zero-order chi connectivity index (χ0) is 19.5. The topological polar surface area (TPSA) is 51.2 Å². The van der Waals surface area contributed by atoms with Crippen LogP contribution in [0, 0.1) is 13.8 Å². The summed E-state index contributed by atoms with van der Waals surface area (Å²) in [5, 5.41) is 4.67. The molecule has 4 nitrogen and oxygen atoms in total. The molecule has 1 amide bonds. The molecule has 0 saturated heterocycles. The van der Waals surface area contributed by atoms with Crippen molar-refractivity contribution in [3.63, 3.8) is 0 Å². The van der Waals surface area contributed by atoms with Gasteiger partial charge in [-0.2, -0.15) is 0 Å². The molecular weight excluding hydrogens is 388 g/mol. The number of aryl methyl sites for hydroxylation is 2. The molecule has 0 bridgehead atoms. The van der Waals surface area contributed by atoms with Crippen LogP contribution in [-0.4, -0.2) is 11.1 Å². The van der Waals surface area contributed by atoms with Gasteiger partial charge in [0.2, 0.25) is 0 Å². The van der Waals surface area contributed by atoms with Crippen molar-refractivity contribution in [2.75, 3.05) is 5.32 Å². The molecule has 2 aromatic heterocycles. The van der Waals surface area contributed by atoms with Gasteiger partial charge in [0, 0.05) is 16.5 Å². The quantitative estimate of drug-likeness (QED) is 0.411. The van der Waals surface area contributed by atoms with Crippen LogP contribution in [0.3, 0.4) is 0 Å². The fourth-order valence-electron chi connectivity index (χ4n) is 2.74. The smallest absolute Gasteiger partial charge is 0.410 e. The van der Waals surface area contributed by atoms with Crippen LogP contribution in [0.25, 0.3) is 10.9 Å². The Kier molecular flexibility index (Phi) is 5.32. The number of amides is 1. The first-order valence-electron chi connectivity index (χ1n) is 8.76. The minimum atomic E-state index is -0.495. The number of hydrogen-bond donors (Lipinski definition) is 1. The maximum Gasteiger partial charge on any atom is 0.417 e. The highest BCUT2D eigenvalue weighted by molar-refractivity contribution is 8.01. The number of pyridine rings is 1. The summed E-state index contributed by atoms with van der Waals surface area (Å²) in [5.74, 6) is 0.514. The predicted octanol–water partition coefficient (Wildman–Crippen LogP) is 6.68. The van der Waals surface area contributed by atoms with Gasteiger partial charge in [-0.1, -0.05) is 30.0 Å². The third-order valence-corrected chi connectivity index (χ3v) is 6.50. The van der Waals surface area contributed by atoms with E-state index in [9.17, 15) is 4.79 Å². The SMILES string of the molecule is Cc1cc2nccc(Sc3ccc(NC(=O)Oc4ccccc4)s3)c2cc1C. The predicted molar refractivity (Wildman–Crippen MR) is 116 cm³/mol. The zero-order valence-electron chi connectivity index (χ0n) is 15.4. The van der Waals surface area contributed by atoms with Crippen molar-refractivity contribution in [3.05, 3.63) is 78.0 Å². The highest BCUT2D eigenvalue weighted by Crippen LogP contribution is 2.39. The van der Waals surface area contributed by atoms with Gasteiger partial charge < -0.3 is 4.74 Å². The zero-order valence-corrected chi connectivity index (χ0v) is 17.1. The number of carbonyl (C=O) groups is 1. The van der Waals surface area contributed by atoms with E-state index in [1.54, 1.807) is 23.9 Å². The Morgan fingerprint density at radius 3 is 2.64 bits per heavy atom. The van der Waals surface area contributed by atoms with Gasteiger partial charge in [-0.15, -0.1) is 11.3 Å². The molecular formula is C22H18N2O2S2. The Hall–Kier alpha value is -2.83. The van der Waals surface area contributed by atoms with Crippen LogP contribution in [0.2, 0.25) is 0 Å². The van der Waals surface area contributed by atoms with Crippen molar-refractivity contribution in [2.24, 2.45) is 0 Å². The summed E-state index contributed by atoms with van der Waals surface area (Å²) in [6.07, 6.45) is 1.34. The number of thiophene rings is 1. The Morgan fingerprint density at radius 2 is 1.82 bits per heavy atom. The number of nitrogens with zero attached hydrogens (tertiary/aromatic N) is 1. The van der Waals surface area contributed by atoms with E-state index in [-0.39, 0.29) is 0 Å². The average molecular weight is 407 g/mol. The first-order chi connectivity index (χ1) is 13.6. The number of nitrogens with one attached hydrogen (secondary N) is 1. The van der Waals surface area contributed by atoms with Gasteiger partial charge >= 0.3 is 6.09 Å². The fourth-order valence-corrected chi connectivity index (χ4v) is 4.83. The second-order valence-corrected chi connectivity index (χ2v) is 8.74. The van der Waals surface area contributed by atoms with E-state index in [0.29, 0.717) is 5.75 Å². The summed E-state index contributed by atoms with van der Waals surface area (Å²) in [7, 11) is 0. The van der Waals surface area contributed by atoms with Crippen molar-refractivity contribution >= 4 is 45.1 Å². The maximum atomic E-state index is 12.1. The molecule has 6 heteroatoms. The molecule has 0 radical (unpaired) electrons. The Morgan fingerprint density at radius 1 is 1.04 bits per heavy atom. The first kappa shape index (κ1) is 18.5. The number of ether oxygens (including phenoxy) is 1. The molecule has 4 rings (SSSR count). The number of hydrogen-bond acceptors (Lipinski definition) is 5. The van der Waals surface area contributed by atoms with Gasteiger partial charge in [-0.25, -0.2) is 4.79 Å². The first-order valence-corrected chi connectivity index (χ1v) is 10.4. The lowest BCUT2D eigenvalue weighted by molar-refractivity contribution is 0.215. The van der Waals surface area contributed by atoms with Crippen LogP contribution < -0.4 is 10.1 Å². The number of fused-ring (bicyclic) bond motifs is 1. The number of anilines is 1. The molecule has 0 aliphatic rings. The minimum Gasteiger partial charge on any atom is -0.410 e. The lowest BCUT2D eigenvalue weighted by Crippen LogP contribution is -2.15. The van der Waals surface area contributed by atoms with E-state index in [1.807, 2.05) is 42.6 Å². The van der Waals surface area contributed by atoms with E-state index in [0.717, 1.165) is 25.0 Å². The van der Waals surface area contributed by atoms with E-state index < -0.39 is 6.09 Å². The van der Waals surface area contributed by atoms with Gasteiger partial charge in [-0.3, -0.25) is 10.3 Å². The van der Waals surface area contributed by atoms with Crippen LogP contribution in [0.15, 0.2) is 76.0 Å². The Bertz CT molecular complexity index is 1140. The van der Waals surface area contributed by atoms with E-state index in [2.05, 4.69) is 36.3 Å². The van der Waals surface area contributed by atoms with Gasteiger partial charge in [-0.05, 0) is 67.4 Å². The van der Waals surface area contributed by atoms with Crippen LogP contribution in [-0.2, 0) is 0 Å². The van der Waals surface area contributed by atoms with E-state index in [4.69, 9.17) is 4.74 Å². The summed E-state index contributed by atoms with van der Waals surface area (Å²) >= 11 is 3.18. The van der Waals surface area contributed by atoms with Crippen molar-refractivity contribution < 1.29 is 9.53 Å². The van der Waals surface area contributed by atoms with Crippen molar-refractivity contribution in [1.29, 1.82) is 0 Å². The largest absolute Gasteiger partial charge is 0.417 e. The second-order valence-electron chi connectivity index (χ2n) is 6.31. The highest BCUT2D eigenvalue weighted by atomic mass is 32.2. The van der Waals surface area contributed by atoms with Crippen molar-refractivity contribution in [3.8, 4) is 5.75 Å². The summed E-state index contributed by atoms with van der Waals surface area (Å²) < 4.78 is 6.35. The van der Waals surface area contributed by atoms with Gasteiger partial charge in [0.25, 0.3) is 0 Å². The standard InChI is InChI=1S/C22H18N2O2S2/c1-14-12-17-18(13-15(14)2)23-11-10-19(17)27-21-9-8-20(28-21)24-22(25)26-16-6-4-3-5-7-16/h3-13H,1-2H3,(H,24,25). The molecule has 0 atom stereocenters. The molecule has 2 aromatic carbocycles. The fraction of sp³-hybridized carbons (Fsp3) is 0.0909. The number of carbonyl (C=O) groups excluding carboxylic acids is 1. The lowest BCUT2D eigenvalue weighted by atomic mass is 10.1. The van der Waals surface area contributed by atoms with Crippen LogP contribution >= 0.6 is 23.1 Å². The molecule has 4 aromatic rings. The third-order valence-electron chi connectivity index (χ3n) is 4.29. The maximum absolute atomic E-state index is 12.1. The summed E-state index contributed by atoms with van der Waals surface area (Å²) in [4.78, 5) is 17.7. The van der Waals surface area contributed by atoms with Crippen LogP contribution in [0.4, 0.5) is 9.80 Å². The molecule has 28 heavy (non-hydrogen) atoms. The van der Waals surface area contributed by atoms with E-state index in [1.165, 1.54) is 22.5 Å². The molecule has 0 aliphatic heterocycles. The molecule has 0 aliphatic carbocycles. The number of aromatic nitrogens is 1. The average Bonchev–Trinajstić information content (AvgIpc) is 3.11. The van der Waals surface area contributed by atoms with Crippen molar-refractivity contribution in [2.45, 2.75) is 23.0 Å². The number of rotatable bonds is 4. The lowest BCUT2D eigenvalue weighted by Gasteiger charge is -2.07. The molecule has 0 saturated carbocycles. The van der Waals surface area contributed by atoms with Crippen molar-refractivity contribution in [1.82, 2.24) is 4.98 Å². The minimum absolute atomic E-state index is 0.495. The Labute approximate surface area is 171 Å². The monoisotopic (exact) mass is 406 g/mol. The van der Waals surface area contributed by atoms with Crippen LogP contribution in [0.1, 0.15) is 11.1 Å². The Balaban J connectivity index is 1.49. The van der Waals surface area contributed by atoms with Gasteiger partial charge in [0.15, 0.2) is 0 Å². The van der Waals surface area contributed by atoms with Gasteiger partial charge in [0.05, 0.1) is 14.7 Å². The molecule has 140 valence electrons. The summed E-state index contributed by atoms with van der Waals surface area (Å²) in [6.45, 7) is 4.21. The summed E-state index contributed by atoms with van der Waals surface area (Å²) in [6, 6.07) is 19.2. The van der Waals surface area contributed by atoms with Crippen LogP contribution in [0.5, 0.6) is 5.75 Å². The normalized spacial score (nSPS) is 10.8.